The lowest BCUT2D eigenvalue weighted by Gasteiger charge is -2.35. The van der Waals surface area contributed by atoms with Crippen LogP contribution in [0.2, 0.25) is 0 Å². The van der Waals surface area contributed by atoms with Gasteiger partial charge in [-0.25, -0.2) is 0 Å². The van der Waals surface area contributed by atoms with E-state index in [2.05, 4.69) is 5.32 Å². The number of likely N-dealkylation sites (tertiary alicyclic amines) is 1. The molecule has 0 spiro atoms. The highest BCUT2D eigenvalue weighted by Crippen LogP contribution is 2.19. The molecular formula is C17H25ClN2O3. The molecule has 6 heteroatoms. The Morgan fingerprint density at radius 3 is 2.52 bits per heavy atom. The van der Waals surface area contributed by atoms with E-state index in [1.807, 2.05) is 49.1 Å². The summed E-state index contributed by atoms with van der Waals surface area (Å²) >= 11 is 0. The van der Waals surface area contributed by atoms with Crippen LogP contribution in [0.5, 0.6) is 0 Å². The zero-order chi connectivity index (χ0) is 16.1. The number of rotatable bonds is 5. The first kappa shape index (κ1) is 19.5. The molecular weight excluding hydrogens is 316 g/mol. The molecule has 1 amide bonds. The Balaban J connectivity index is 0.00000264. The number of carbonyl (C=O) groups excluding carboxylic acids is 1. The van der Waals surface area contributed by atoms with E-state index in [0.717, 1.165) is 18.5 Å². The topological polar surface area (TPSA) is 69.6 Å². The number of piperidine rings is 1. The maximum absolute atomic E-state index is 12.4. The first-order chi connectivity index (χ1) is 10.5. The fourth-order valence-electron chi connectivity index (χ4n) is 2.88. The van der Waals surface area contributed by atoms with Crippen molar-refractivity contribution in [3.8, 4) is 0 Å². The van der Waals surface area contributed by atoms with Crippen LogP contribution in [0.4, 0.5) is 0 Å². The quantitative estimate of drug-likeness (QED) is 0.864. The average molecular weight is 341 g/mol. The molecule has 1 aliphatic heterocycles. The highest BCUT2D eigenvalue weighted by Gasteiger charge is 2.31. The smallest absolute Gasteiger partial charge is 0.307 e. The Bertz CT molecular complexity index is 524. The average Bonchev–Trinajstić information content (AvgIpc) is 2.54. The van der Waals surface area contributed by atoms with Gasteiger partial charge in [0, 0.05) is 6.54 Å². The molecule has 5 nitrogen and oxygen atoms in total. The van der Waals surface area contributed by atoms with Gasteiger partial charge in [0.05, 0.1) is 18.0 Å². The Morgan fingerprint density at radius 2 is 1.91 bits per heavy atom. The van der Waals surface area contributed by atoms with Gasteiger partial charge in [0.15, 0.2) is 0 Å². The summed E-state index contributed by atoms with van der Waals surface area (Å²) in [5, 5.41) is 12.2. The van der Waals surface area contributed by atoms with Gasteiger partial charge in [-0.05, 0) is 38.8 Å². The lowest BCUT2D eigenvalue weighted by Crippen LogP contribution is -2.50. The third-order valence-corrected chi connectivity index (χ3v) is 4.39. The minimum Gasteiger partial charge on any atom is -0.481 e. The standard InChI is InChI=1S/C17H24N2O3.ClH/c1-12(14-7-4-3-5-8-14)18-16(20)13(2)19-10-6-9-15(11-19)17(21)22;/h3-5,7-8,12-13,15H,6,9-11H2,1-2H3,(H,18,20)(H,21,22);1H. The van der Waals surface area contributed by atoms with Gasteiger partial charge in [0.2, 0.25) is 5.91 Å². The van der Waals surface area contributed by atoms with Gasteiger partial charge in [0.1, 0.15) is 0 Å². The third-order valence-electron chi connectivity index (χ3n) is 4.39. The largest absolute Gasteiger partial charge is 0.481 e. The van der Waals surface area contributed by atoms with Gasteiger partial charge < -0.3 is 10.4 Å². The molecule has 23 heavy (non-hydrogen) atoms. The van der Waals surface area contributed by atoms with Crippen LogP contribution >= 0.6 is 12.4 Å². The van der Waals surface area contributed by atoms with Crippen molar-refractivity contribution in [3.05, 3.63) is 35.9 Å². The molecule has 0 aliphatic carbocycles. The summed E-state index contributed by atoms with van der Waals surface area (Å²) in [7, 11) is 0. The number of nitrogens with zero attached hydrogens (tertiary/aromatic N) is 1. The first-order valence-corrected chi connectivity index (χ1v) is 7.81. The number of carboxylic acid groups (broad SMARTS) is 1. The molecule has 3 unspecified atom stereocenters. The van der Waals surface area contributed by atoms with Crippen LogP contribution in [0.15, 0.2) is 30.3 Å². The number of hydrogen-bond acceptors (Lipinski definition) is 3. The number of amides is 1. The van der Waals surface area contributed by atoms with Crippen LogP contribution in [0, 0.1) is 5.92 Å². The maximum atomic E-state index is 12.4. The Morgan fingerprint density at radius 1 is 1.26 bits per heavy atom. The summed E-state index contributed by atoms with van der Waals surface area (Å²) < 4.78 is 0. The van der Waals surface area contributed by atoms with Crippen LogP contribution in [0.3, 0.4) is 0 Å². The summed E-state index contributed by atoms with van der Waals surface area (Å²) in [6, 6.07) is 9.44. The number of carbonyl (C=O) groups is 2. The summed E-state index contributed by atoms with van der Waals surface area (Å²) in [6.07, 6.45) is 1.52. The summed E-state index contributed by atoms with van der Waals surface area (Å²) in [4.78, 5) is 25.5. The summed E-state index contributed by atoms with van der Waals surface area (Å²) in [5.74, 6) is -1.19. The third kappa shape index (κ3) is 5.22. The molecule has 2 rings (SSSR count). The second-order valence-electron chi connectivity index (χ2n) is 5.99. The highest BCUT2D eigenvalue weighted by molar-refractivity contribution is 5.85. The molecule has 0 radical (unpaired) electrons. The molecule has 1 aromatic rings. The molecule has 3 atom stereocenters. The molecule has 128 valence electrons. The number of hydrogen-bond donors (Lipinski definition) is 2. The second-order valence-corrected chi connectivity index (χ2v) is 5.99. The Kier molecular flexibility index (Phi) is 7.52. The van der Waals surface area contributed by atoms with E-state index in [-0.39, 0.29) is 36.3 Å². The normalized spacial score (nSPS) is 20.9. The summed E-state index contributed by atoms with van der Waals surface area (Å²) in [5.41, 5.74) is 1.06. The maximum Gasteiger partial charge on any atom is 0.307 e. The fraction of sp³-hybridized carbons (Fsp3) is 0.529. The Hall–Kier alpha value is -1.59. The SMILES string of the molecule is CC(NC(=O)C(C)N1CCCC(C(=O)O)C1)c1ccccc1.Cl. The van der Waals surface area contributed by atoms with E-state index in [1.165, 1.54) is 0 Å². The number of nitrogens with one attached hydrogen (secondary N) is 1. The van der Waals surface area contributed by atoms with E-state index < -0.39 is 5.97 Å². The minimum atomic E-state index is -0.769. The predicted molar refractivity (Wildman–Crippen MR) is 91.6 cm³/mol. The number of benzene rings is 1. The number of carboxylic acids is 1. The van der Waals surface area contributed by atoms with Crippen molar-refractivity contribution in [3.63, 3.8) is 0 Å². The molecule has 0 aromatic heterocycles. The van der Waals surface area contributed by atoms with Gasteiger partial charge in [-0.15, -0.1) is 12.4 Å². The van der Waals surface area contributed by atoms with Gasteiger partial charge in [-0.1, -0.05) is 30.3 Å². The van der Waals surface area contributed by atoms with Crippen molar-refractivity contribution in [2.45, 2.75) is 38.8 Å². The molecule has 0 bridgehead atoms. The van der Waals surface area contributed by atoms with Gasteiger partial charge in [-0.3, -0.25) is 14.5 Å². The lowest BCUT2D eigenvalue weighted by atomic mass is 9.97. The van der Waals surface area contributed by atoms with E-state index >= 15 is 0 Å². The van der Waals surface area contributed by atoms with E-state index in [4.69, 9.17) is 5.11 Å². The van der Waals surface area contributed by atoms with Gasteiger partial charge in [-0.2, -0.15) is 0 Å². The predicted octanol–water partition coefficient (Wildman–Crippen LogP) is 2.47. The van der Waals surface area contributed by atoms with Crippen LogP contribution < -0.4 is 5.32 Å². The first-order valence-electron chi connectivity index (χ1n) is 7.81. The number of halogens is 1. The van der Waals surface area contributed by atoms with Crippen LogP contribution in [-0.2, 0) is 9.59 Å². The minimum absolute atomic E-state index is 0. The lowest BCUT2D eigenvalue weighted by molar-refractivity contribution is -0.145. The molecule has 1 heterocycles. The van der Waals surface area contributed by atoms with Crippen LogP contribution in [0.1, 0.15) is 38.3 Å². The van der Waals surface area contributed by atoms with Gasteiger partial charge in [0.25, 0.3) is 0 Å². The van der Waals surface area contributed by atoms with E-state index in [9.17, 15) is 9.59 Å². The van der Waals surface area contributed by atoms with Crippen molar-refractivity contribution in [2.24, 2.45) is 5.92 Å². The highest BCUT2D eigenvalue weighted by atomic mass is 35.5. The van der Waals surface area contributed by atoms with Crippen LogP contribution in [-0.4, -0.2) is 41.0 Å². The molecule has 1 saturated heterocycles. The molecule has 2 N–H and O–H groups in total. The van der Waals surface area contributed by atoms with Crippen molar-refractivity contribution >= 4 is 24.3 Å². The number of aliphatic carboxylic acids is 1. The molecule has 0 saturated carbocycles. The molecule has 1 aliphatic rings. The van der Waals surface area contributed by atoms with E-state index in [0.29, 0.717) is 13.0 Å². The van der Waals surface area contributed by atoms with Crippen molar-refractivity contribution in [1.82, 2.24) is 10.2 Å². The second kappa shape index (κ2) is 8.89. The zero-order valence-electron chi connectivity index (χ0n) is 13.6. The summed E-state index contributed by atoms with van der Waals surface area (Å²) in [6.45, 7) is 5.02. The Labute approximate surface area is 143 Å². The van der Waals surface area contributed by atoms with E-state index in [1.54, 1.807) is 0 Å². The molecule has 1 aromatic carbocycles. The fourth-order valence-corrected chi connectivity index (χ4v) is 2.88. The monoisotopic (exact) mass is 340 g/mol. The molecule has 1 fully saturated rings. The zero-order valence-corrected chi connectivity index (χ0v) is 14.4. The van der Waals surface area contributed by atoms with Crippen molar-refractivity contribution in [1.29, 1.82) is 0 Å². The van der Waals surface area contributed by atoms with Crippen molar-refractivity contribution < 1.29 is 14.7 Å². The van der Waals surface area contributed by atoms with Gasteiger partial charge >= 0.3 is 5.97 Å². The van der Waals surface area contributed by atoms with Crippen LogP contribution in [0.25, 0.3) is 0 Å². The van der Waals surface area contributed by atoms with Crippen molar-refractivity contribution in [2.75, 3.05) is 13.1 Å².